The van der Waals surface area contributed by atoms with Gasteiger partial charge in [0.2, 0.25) is 5.72 Å². The Morgan fingerprint density at radius 1 is 1.27 bits per heavy atom. The molecule has 2 aliphatic heterocycles. The molecule has 0 aliphatic carbocycles. The van der Waals surface area contributed by atoms with Crippen LogP contribution in [0, 0.1) is 11.7 Å². The number of thiazole rings is 1. The van der Waals surface area contributed by atoms with Gasteiger partial charge in [-0.1, -0.05) is 41.1 Å². The molecule has 7 nitrogen and oxygen atoms in total. The van der Waals surface area contributed by atoms with Crippen molar-refractivity contribution >= 4 is 34.8 Å². The zero-order chi connectivity index (χ0) is 25.9. The average Bonchev–Trinajstić information content (AvgIpc) is 3.42. The van der Waals surface area contributed by atoms with Crippen molar-refractivity contribution in [2.75, 3.05) is 0 Å². The minimum absolute atomic E-state index is 0.0306. The Balaban J connectivity index is 1.36. The highest BCUT2D eigenvalue weighted by molar-refractivity contribution is 7.07. The number of nitrogens with zero attached hydrogens (tertiary/aromatic N) is 2. The number of aromatic nitrogens is 1. The molecule has 2 aliphatic rings. The lowest BCUT2D eigenvalue weighted by molar-refractivity contribution is -0.132. The smallest absolute Gasteiger partial charge is 0.271 e. The molecule has 3 atom stereocenters. The normalized spacial score (nSPS) is 22.0. The maximum Gasteiger partial charge on any atom is 0.271 e. The molecule has 0 spiro atoms. The third-order valence-corrected chi connectivity index (χ3v) is 7.82. The summed E-state index contributed by atoms with van der Waals surface area (Å²) in [5, 5.41) is -0.0306. The topological polar surface area (TPSA) is 83.0 Å². The number of hydrogen-bond donors (Lipinski definition) is 0. The van der Waals surface area contributed by atoms with Crippen LogP contribution in [0.15, 0.2) is 68.8 Å². The first kappa shape index (κ1) is 23.7. The van der Waals surface area contributed by atoms with E-state index in [1.807, 2.05) is 24.3 Å². The first-order chi connectivity index (χ1) is 17.7. The van der Waals surface area contributed by atoms with Crippen molar-refractivity contribution in [3.05, 3.63) is 102 Å². The van der Waals surface area contributed by atoms with Crippen molar-refractivity contribution in [2.45, 2.75) is 32.2 Å². The summed E-state index contributed by atoms with van der Waals surface area (Å²) in [6.07, 6.45) is 1.65. The van der Waals surface area contributed by atoms with Gasteiger partial charge >= 0.3 is 0 Å². The van der Waals surface area contributed by atoms with Crippen molar-refractivity contribution in [1.82, 2.24) is 4.57 Å². The van der Waals surface area contributed by atoms with E-state index < -0.39 is 23.5 Å². The van der Waals surface area contributed by atoms with Crippen molar-refractivity contribution < 1.29 is 23.1 Å². The number of rotatable bonds is 5. The molecule has 0 N–H and O–H groups in total. The predicted molar refractivity (Wildman–Crippen MR) is 135 cm³/mol. The van der Waals surface area contributed by atoms with Crippen LogP contribution in [0.5, 0.6) is 11.5 Å². The molecule has 2 aromatic heterocycles. The fraction of sp³-hybridized carbons (Fsp3) is 0.222. The van der Waals surface area contributed by atoms with Gasteiger partial charge in [-0.15, -0.1) is 0 Å². The summed E-state index contributed by atoms with van der Waals surface area (Å²) in [4.78, 5) is 31.6. The second-order valence-corrected chi connectivity index (χ2v) is 10.5. The van der Waals surface area contributed by atoms with Gasteiger partial charge in [-0.25, -0.2) is 9.38 Å². The van der Waals surface area contributed by atoms with Crippen LogP contribution >= 0.6 is 22.9 Å². The van der Waals surface area contributed by atoms with Gasteiger partial charge in [0, 0.05) is 17.7 Å². The second-order valence-electron chi connectivity index (χ2n) is 9.08. The van der Waals surface area contributed by atoms with Gasteiger partial charge in [0.05, 0.1) is 15.6 Å². The number of ether oxygens (including phenoxy) is 2. The molecule has 0 radical (unpaired) electrons. The molecule has 0 saturated heterocycles. The van der Waals surface area contributed by atoms with E-state index in [1.165, 1.54) is 36.5 Å². The third kappa shape index (κ3) is 3.98. The lowest BCUT2D eigenvalue weighted by Crippen LogP contribution is -2.58. The molecule has 6 rings (SSSR count). The number of benzene rings is 2. The van der Waals surface area contributed by atoms with E-state index in [1.54, 1.807) is 29.7 Å². The Morgan fingerprint density at radius 3 is 2.86 bits per heavy atom. The SMILES string of the molecule is CC(=O)[C@@H]1[C@H]2c3ccccc3O[C@@]1(C)N=c1s/c(=C/c3ccc(COc4ccc(F)c(Cl)c4)o3)c(=O)n12. The second kappa shape index (κ2) is 8.71. The van der Waals surface area contributed by atoms with Gasteiger partial charge in [0.1, 0.15) is 47.1 Å². The average molecular weight is 539 g/mol. The number of carbonyl (C=O) groups excluding carboxylic acids is 1. The van der Waals surface area contributed by atoms with Crippen LogP contribution in [0.4, 0.5) is 4.39 Å². The number of hydrogen-bond acceptors (Lipinski definition) is 7. The molecule has 0 fully saturated rings. The molecule has 0 unspecified atom stereocenters. The van der Waals surface area contributed by atoms with Crippen molar-refractivity contribution in [3.8, 4) is 11.5 Å². The predicted octanol–water partition coefficient (Wildman–Crippen LogP) is 4.24. The van der Waals surface area contributed by atoms with Crippen LogP contribution in [0.3, 0.4) is 0 Å². The minimum Gasteiger partial charge on any atom is -0.486 e. The van der Waals surface area contributed by atoms with E-state index in [-0.39, 0.29) is 23.0 Å². The summed E-state index contributed by atoms with van der Waals surface area (Å²) in [5.74, 6) is 0.731. The Hall–Kier alpha value is -3.69. The number of ketones is 1. The molecule has 10 heteroatoms. The summed E-state index contributed by atoms with van der Waals surface area (Å²) in [7, 11) is 0. The van der Waals surface area contributed by atoms with Crippen molar-refractivity contribution in [1.29, 1.82) is 0 Å². The molecular formula is C27H20ClFN2O5S. The van der Waals surface area contributed by atoms with Gasteiger partial charge in [0.15, 0.2) is 4.80 Å². The van der Waals surface area contributed by atoms with E-state index in [0.717, 1.165) is 5.56 Å². The first-order valence-corrected chi connectivity index (χ1v) is 12.7. The molecule has 188 valence electrons. The highest BCUT2D eigenvalue weighted by atomic mass is 35.5. The lowest BCUT2D eigenvalue weighted by Gasteiger charge is -2.45. The minimum atomic E-state index is -1.11. The van der Waals surface area contributed by atoms with Crippen molar-refractivity contribution in [2.24, 2.45) is 10.9 Å². The largest absolute Gasteiger partial charge is 0.486 e. The lowest BCUT2D eigenvalue weighted by atomic mass is 9.79. The van der Waals surface area contributed by atoms with E-state index in [0.29, 0.717) is 32.4 Å². The van der Waals surface area contributed by atoms with Gasteiger partial charge in [0.25, 0.3) is 5.56 Å². The van der Waals surface area contributed by atoms with E-state index in [4.69, 9.17) is 30.5 Å². The monoisotopic (exact) mass is 538 g/mol. The first-order valence-electron chi connectivity index (χ1n) is 11.5. The molecule has 4 heterocycles. The van der Waals surface area contributed by atoms with Gasteiger partial charge in [-0.2, -0.15) is 0 Å². The van der Waals surface area contributed by atoms with Crippen LogP contribution in [0.1, 0.15) is 37.0 Å². The fourth-order valence-corrected chi connectivity index (χ4v) is 6.21. The maximum atomic E-state index is 13.6. The number of para-hydroxylation sites is 1. The van der Waals surface area contributed by atoms with Gasteiger partial charge in [-0.3, -0.25) is 14.2 Å². The highest BCUT2D eigenvalue weighted by Gasteiger charge is 2.53. The Kier molecular flexibility index (Phi) is 5.58. The number of furan rings is 1. The van der Waals surface area contributed by atoms with Gasteiger partial charge < -0.3 is 13.9 Å². The molecule has 2 aromatic carbocycles. The van der Waals surface area contributed by atoms with Crippen LogP contribution in [-0.4, -0.2) is 16.1 Å². The number of Topliss-reactive ketones (excluding diaryl/α,β-unsaturated/α-hetero) is 1. The molecule has 37 heavy (non-hydrogen) atoms. The Morgan fingerprint density at radius 2 is 2.08 bits per heavy atom. The number of halogens is 2. The zero-order valence-electron chi connectivity index (χ0n) is 19.7. The quantitative estimate of drug-likeness (QED) is 0.379. The molecule has 0 amide bonds. The van der Waals surface area contributed by atoms with E-state index >= 15 is 0 Å². The third-order valence-electron chi connectivity index (χ3n) is 6.55. The molecule has 4 aromatic rings. The summed E-state index contributed by atoms with van der Waals surface area (Å²) in [6, 6.07) is 14.5. The summed E-state index contributed by atoms with van der Waals surface area (Å²) in [6.45, 7) is 3.39. The van der Waals surface area contributed by atoms with Crippen LogP contribution in [0.25, 0.3) is 6.08 Å². The Labute approximate surface area is 219 Å². The van der Waals surface area contributed by atoms with Gasteiger partial charge in [-0.05, 0) is 44.2 Å². The number of fused-ring (bicyclic) bond motifs is 6. The summed E-state index contributed by atoms with van der Waals surface area (Å²) >= 11 is 7.01. The van der Waals surface area contributed by atoms with Crippen LogP contribution in [-0.2, 0) is 11.4 Å². The molecule has 0 saturated carbocycles. The summed E-state index contributed by atoms with van der Waals surface area (Å²) in [5.41, 5.74) is -0.590. The van der Waals surface area contributed by atoms with E-state index in [9.17, 15) is 14.0 Å². The van der Waals surface area contributed by atoms with Crippen LogP contribution in [0.2, 0.25) is 5.02 Å². The molecule has 2 bridgehead atoms. The maximum absolute atomic E-state index is 13.6. The Bertz CT molecular complexity index is 1740. The van der Waals surface area contributed by atoms with Crippen molar-refractivity contribution in [3.63, 3.8) is 0 Å². The summed E-state index contributed by atoms with van der Waals surface area (Å²) < 4.78 is 33.0. The zero-order valence-corrected chi connectivity index (χ0v) is 21.3. The fourth-order valence-electron chi connectivity index (χ4n) is 4.96. The van der Waals surface area contributed by atoms with Crippen LogP contribution < -0.4 is 24.4 Å². The molecular weight excluding hydrogens is 519 g/mol. The highest BCUT2D eigenvalue weighted by Crippen LogP contribution is 2.47. The standard InChI is InChI=1S/C27H20ClFN2O5S/c1-14(32)23-24-18-5-3-4-6-21(18)36-27(23,2)30-26-31(24)25(33)22(37-26)12-16-7-8-17(35-16)13-34-15-9-10-20(29)19(28)11-15/h3-12,23-24H,13H2,1-2H3/b22-12+/t23-,24-,27-/m1/s1. The number of carbonyl (C=O) groups is 1. The van der Waals surface area contributed by atoms with E-state index in [2.05, 4.69) is 0 Å².